The van der Waals surface area contributed by atoms with E-state index < -0.39 is 0 Å². The number of pyridine rings is 1. The summed E-state index contributed by atoms with van der Waals surface area (Å²) in [4.78, 5) is 15.9. The van der Waals surface area contributed by atoms with E-state index in [4.69, 9.17) is 0 Å². The molecule has 1 amide bonds. The van der Waals surface area contributed by atoms with Crippen LogP contribution >= 0.6 is 0 Å². The molecule has 17 heavy (non-hydrogen) atoms. The molecule has 1 unspecified atom stereocenters. The third kappa shape index (κ3) is 3.19. The first-order valence-electron chi connectivity index (χ1n) is 6.12. The van der Waals surface area contributed by atoms with Gasteiger partial charge in [0.15, 0.2) is 0 Å². The Labute approximate surface area is 102 Å². The Hall–Kier alpha value is -1.58. The second kappa shape index (κ2) is 5.17. The lowest BCUT2D eigenvalue weighted by atomic mass is 10.1. The van der Waals surface area contributed by atoms with Crippen molar-refractivity contribution in [2.24, 2.45) is 11.8 Å². The summed E-state index contributed by atoms with van der Waals surface area (Å²) in [5, 5.41) is 5.94. The number of anilines is 1. The van der Waals surface area contributed by atoms with E-state index in [1.807, 2.05) is 13.1 Å². The van der Waals surface area contributed by atoms with Gasteiger partial charge in [-0.1, -0.05) is 6.92 Å². The summed E-state index contributed by atoms with van der Waals surface area (Å²) in [5.41, 5.74) is 1.38. The largest absolute Gasteiger partial charge is 0.388 e. The van der Waals surface area contributed by atoms with Gasteiger partial charge in [-0.3, -0.25) is 9.78 Å². The third-order valence-corrected chi connectivity index (χ3v) is 3.29. The predicted octanol–water partition coefficient (Wildman–Crippen LogP) is 1.90. The van der Waals surface area contributed by atoms with Gasteiger partial charge in [0.25, 0.3) is 5.91 Å². The van der Waals surface area contributed by atoms with Gasteiger partial charge in [-0.05, 0) is 36.8 Å². The van der Waals surface area contributed by atoms with Gasteiger partial charge in [0.1, 0.15) is 5.69 Å². The Morgan fingerprint density at radius 2 is 2.35 bits per heavy atom. The maximum Gasteiger partial charge on any atom is 0.269 e. The van der Waals surface area contributed by atoms with E-state index >= 15 is 0 Å². The number of hydrogen-bond acceptors (Lipinski definition) is 3. The molecule has 4 nitrogen and oxygen atoms in total. The van der Waals surface area contributed by atoms with Crippen LogP contribution in [0.3, 0.4) is 0 Å². The summed E-state index contributed by atoms with van der Waals surface area (Å²) in [5.74, 6) is 1.30. The fourth-order valence-corrected chi connectivity index (χ4v) is 1.89. The molecule has 0 spiro atoms. The minimum atomic E-state index is -0.0883. The van der Waals surface area contributed by atoms with Crippen molar-refractivity contribution in [2.45, 2.75) is 19.8 Å². The summed E-state index contributed by atoms with van der Waals surface area (Å²) < 4.78 is 0. The van der Waals surface area contributed by atoms with Gasteiger partial charge in [0, 0.05) is 25.5 Å². The van der Waals surface area contributed by atoms with Crippen LogP contribution in [0.2, 0.25) is 0 Å². The van der Waals surface area contributed by atoms with Crippen LogP contribution in [0, 0.1) is 11.8 Å². The Balaban J connectivity index is 1.89. The minimum Gasteiger partial charge on any atom is -0.388 e. The lowest BCUT2D eigenvalue weighted by Gasteiger charge is -2.11. The number of hydrogen-bond donors (Lipinski definition) is 2. The van der Waals surface area contributed by atoms with E-state index in [2.05, 4.69) is 22.5 Å². The SMILES string of the molecule is CNc1ccnc(C(=O)NCC(C)C2CC2)c1. The molecule has 0 aromatic carbocycles. The van der Waals surface area contributed by atoms with Gasteiger partial charge >= 0.3 is 0 Å². The number of carbonyl (C=O) groups is 1. The summed E-state index contributed by atoms with van der Waals surface area (Å²) >= 11 is 0. The molecule has 2 N–H and O–H groups in total. The van der Waals surface area contributed by atoms with Gasteiger partial charge < -0.3 is 10.6 Å². The number of nitrogens with one attached hydrogen (secondary N) is 2. The fraction of sp³-hybridized carbons (Fsp3) is 0.538. The maximum atomic E-state index is 11.9. The molecule has 1 aromatic heterocycles. The van der Waals surface area contributed by atoms with Crippen molar-refractivity contribution in [1.82, 2.24) is 10.3 Å². The first-order valence-corrected chi connectivity index (χ1v) is 6.12. The molecule has 1 saturated carbocycles. The number of rotatable bonds is 5. The normalized spacial score (nSPS) is 16.4. The quantitative estimate of drug-likeness (QED) is 0.816. The number of carbonyl (C=O) groups excluding carboxylic acids is 1. The monoisotopic (exact) mass is 233 g/mol. The molecule has 1 aliphatic carbocycles. The molecule has 0 saturated heterocycles. The molecule has 1 atom stereocenters. The first-order chi connectivity index (χ1) is 8.20. The maximum absolute atomic E-state index is 11.9. The second-order valence-electron chi connectivity index (χ2n) is 4.70. The third-order valence-electron chi connectivity index (χ3n) is 3.29. The van der Waals surface area contributed by atoms with Crippen molar-refractivity contribution in [1.29, 1.82) is 0 Å². The van der Waals surface area contributed by atoms with Crippen molar-refractivity contribution in [3.63, 3.8) is 0 Å². The predicted molar refractivity (Wildman–Crippen MR) is 68.0 cm³/mol. The lowest BCUT2D eigenvalue weighted by Crippen LogP contribution is -2.29. The molecule has 1 fully saturated rings. The number of amides is 1. The molecule has 0 aliphatic heterocycles. The van der Waals surface area contributed by atoms with Crippen molar-refractivity contribution in [2.75, 3.05) is 18.9 Å². The molecule has 2 rings (SSSR count). The number of nitrogens with zero attached hydrogens (tertiary/aromatic N) is 1. The smallest absolute Gasteiger partial charge is 0.269 e. The van der Waals surface area contributed by atoms with Crippen LogP contribution < -0.4 is 10.6 Å². The molecule has 1 aliphatic rings. The summed E-state index contributed by atoms with van der Waals surface area (Å²) in [6, 6.07) is 3.60. The molecule has 1 aromatic rings. The van der Waals surface area contributed by atoms with Gasteiger partial charge in [0.2, 0.25) is 0 Å². The zero-order chi connectivity index (χ0) is 12.3. The van der Waals surface area contributed by atoms with Gasteiger partial charge in [-0.25, -0.2) is 0 Å². The van der Waals surface area contributed by atoms with Crippen molar-refractivity contribution < 1.29 is 4.79 Å². The first kappa shape index (κ1) is 11.9. The Kier molecular flexibility index (Phi) is 3.61. The van der Waals surface area contributed by atoms with Crippen LogP contribution in [-0.2, 0) is 0 Å². The zero-order valence-corrected chi connectivity index (χ0v) is 10.4. The Bertz CT molecular complexity index is 401. The van der Waals surface area contributed by atoms with Crippen molar-refractivity contribution >= 4 is 11.6 Å². The van der Waals surface area contributed by atoms with E-state index in [0.29, 0.717) is 11.6 Å². The van der Waals surface area contributed by atoms with Crippen LogP contribution in [0.25, 0.3) is 0 Å². The molecule has 1 heterocycles. The Morgan fingerprint density at radius 1 is 1.59 bits per heavy atom. The standard InChI is InChI=1S/C13H19N3O/c1-9(10-3-4-10)8-16-13(17)12-7-11(14-2)5-6-15-12/h5-7,9-10H,3-4,8H2,1-2H3,(H,14,15)(H,16,17). The second-order valence-corrected chi connectivity index (χ2v) is 4.70. The van der Waals surface area contributed by atoms with E-state index in [-0.39, 0.29) is 5.91 Å². The molecule has 0 radical (unpaired) electrons. The van der Waals surface area contributed by atoms with Crippen molar-refractivity contribution in [3.8, 4) is 0 Å². The van der Waals surface area contributed by atoms with Crippen LogP contribution in [0.15, 0.2) is 18.3 Å². The lowest BCUT2D eigenvalue weighted by molar-refractivity contribution is 0.0942. The Morgan fingerprint density at radius 3 is 3.00 bits per heavy atom. The van der Waals surface area contributed by atoms with Crippen LogP contribution in [0.4, 0.5) is 5.69 Å². The highest BCUT2D eigenvalue weighted by atomic mass is 16.1. The van der Waals surface area contributed by atoms with Gasteiger partial charge in [0.05, 0.1) is 0 Å². The molecule has 0 bridgehead atoms. The van der Waals surface area contributed by atoms with Crippen LogP contribution in [0.5, 0.6) is 0 Å². The summed E-state index contributed by atoms with van der Waals surface area (Å²) in [6.45, 7) is 2.93. The molecule has 92 valence electrons. The van der Waals surface area contributed by atoms with Crippen LogP contribution in [0.1, 0.15) is 30.3 Å². The highest BCUT2D eigenvalue weighted by molar-refractivity contribution is 5.93. The summed E-state index contributed by atoms with van der Waals surface area (Å²) in [7, 11) is 1.83. The summed E-state index contributed by atoms with van der Waals surface area (Å²) in [6.07, 6.45) is 4.26. The average Bonchev–Trinajstić information content (AvgIpc) is 3.19. The van der Waals surface area contributed by atoms with Gasteiger partial charge in [-0.2, -0.15) is 0 Å². The van der Waals surface area contributed by atoms with E-state index in [9.17, 15) is 4.79 Å². The average molecular weight is 233 g/mol. The zero-order valence-electron chi connectivity index (χ0n) is 10.4. The van der Waals surface area contributed by atoms with E-state index in [0.717, 1.165) is 18.2 Å². The van der Waals surface area contributed by atoms with E-state index in [1.54, 1.807) is 12.3 Å². The minimum absolute atomic E-state index is 0.0883. The number of aromatic nitrogens is 1. The van der Waals surface area contributed by atoms with E-state index in [1.165, 1.54) is 12.8 Å². The molecular weight excluding hydrogens is 214 g/mol. The van der Waals surface area contributed by atoms with Gasteiger partial charge in [-0.15, -0.1) is 0 Å². The topological polar surface area (TPSA) is 54.0 Å². The molecule has 4 heteroatoms. The molecular formula is C13H19N3O. The fourth-order valence-electron chi connectivity index (χ4n) is 1.89. The van der Waals surface area contributed by atoms with Crippen LogP contribution in [-0.4, -0.2) is 24.5 Å². The van der Waals surface area contributed by atoms with Crippen molar-refractivity contribution in [3.05, 3.63) is 24.0 Å². The highest BCUT2D eigenvalue weighted by Crippen LogP contribution is 2.36. The highest BCUT2D eigenvalue weighted by Gasteiger charge is 2.27.